The van der Waals surface area contributed by atoms with E-state index in [1.54, 1.807) is 0 Å². The molecule has 1 heterocycles. The minimum atomic E-state index is -0.0238. The summed E-state index contributed by atoms with van der Waals surface area (Å²) in [6.07, 6.45) is 10.1. The van der Waals surface area contributed by atoms with Crippen LogP contribution in [0.25, 0.3) is 0 Å². The molecule has 0 bridgehead atoms. The minimum absolute atomic E-state index is 0.0238. The molecular formula is C19H33N3O2. The van der Waals surface area contributed by atoms with Gasteiger partial charge in [-0.1, -0.05) is 19.3 Å². The van der Waals surface area contributed by atoms with E-state index >= 15 is 0 Å². The molecule has 24 heavy (non-hydrogen) atoms. The largest absolute Gasteiger partial charge is 0.354 e. The van der Waals surface area contributed by atoms with Crippen LogP contribution in [0.5, 0.6) is 0 Å². The fraction of sp³-hybridized carbons (Fsp3) is 0.895. The van der Waals surface area contributed by atoms with E-state index in [1.165, 1.54) is 19.3 Å². The van der Waals surface area contributed by atoms with Gasteiger partial charge in [0, 0.05) is 31.1 Å². The Bertz CT molecular complexity index is 467. The molecule has 3 rings (SSSR count). The Morgan fingerprint density at radius 3 is 2.38 bits per heavy atom. The van der Waals surface area contributed by atoms with Crippen molar-refractivity contribution in [1.29, 1.82) is 0 Å². The fourth-order valence-electron chi connectivity index (χ4n) is 4.37. The molecule has 0 aromatic rings. The maximum absolute atomic E-state index is 12.7. The third-order valence-electron chi connectivity index (χ3n) is 6.36. The maximum Gasteiger partial charge on any atom is 0.225 e. The number of amides is 2. The van der Waals surface area contributed by atoms with Crippen molar-refractivity contribution in [2.75, 3.05) is 33.7 Å². The van der Waals surface area contributed by atoms with Gasteiger partial charge in [0.1, 0.15) is 0 Å². The molecule has 2 amide bonds. The topological polar surface area (TPSA) is 52.7 Å². The van der Waals surface area contributed by atoms with Gasteiger partial charge in [-0.25, -0.2) is 0 Å². The van der Waals surface area contributed by atoms with Crippen molar-refractivity contribution >= 4 is 11.8 Å². The monoisotopic (exact) mass is 335 g/mol. The summed E-state index contributed by atoms with van der Waals surface area (Å²) in [5, 5.41) is 3.23. The zero-order chi connectivity index (χ0) is 17.2. The summed E-state index contributed by atoms with van der Waals surface area (Å²) in [5.41, 5.74) is 0.117. The number of likely N-dealkylation sites (tertiary alicyclic amines) is 1. The number of carbonyl (C=O) groups is 2. The smallest absolute Gasteiger partial charge is 0.225 e. The predicted octanol–water partition coefficient (Wildman–Crippen LogP) is 2.02. The Labute approximate surface area is 146 Å². The molecule has 1 aliphatic heterocycles. The SMILES string of the molecule is CN(C)C1(CNC(=O)[C@H]2CCCN(C(=O)C3CC3)C2)CCCCC1. The van der Waals surface area contributed by atoms with Crippen molar-refractivity contribution < 1.29 is 9.59 Å². The lowest BCUT2D eigenvalue weighted by Crippen LogP contribution is -2.55. The van der Waals surface area contributed by atoms with E-state index in [2.05, 4.69) is 24.3 Å². The van der Waals surface area contributed by atoms with Crippen LogP contribution in [0.15, 0.2) is 0 Å². The highest BCUT2D eigenvalue weighted by molar-refractivity contribution is 5.83. The van der Waals surface area contributed by atoms with Gasteiger partial charge < -0.3 is 15.1 Å². The van der Waals surface area contributed by atoms with Crippen molar-refractivity contribution in [3.05, 3.63) is 0 Å². The molecule has 1 saturated heterocycles. The Morgan fingerprint density at radius 1 is 1.04 bits per heavy atom. The summed E-state index contributed by atoms with van der Waals surface area (Å²) >= 11 is 0. The summed E-state index contributed by atoms with van der Waals surface area (Å²) in [5.74, 6) is 0.662. The lowest BCUT2D eigenvalue weighted by molar-refractivity contribution is -0.137. The van der Waals surface area contributed by atoms with E-state index in [-0.39, 0.29) is 29.2 Å². The lowest BCUT2D eigenvalue weighted by Gasteiger charge is -2.43. The van der Waals surface area contributed by atoms with Crippen molar-refractivity contribution in [3.8, 4) is 0 Å². The predicted molar refractivity (Wildman–Crippen MR) is 94.5 cm³/mol. The second kappa shape index (κ2) is 7.42. The van der Waals surface area contributed by atoms with Crippen LogP contribution >= 0.6 is 0 Å². The first-order valence-electron chi connectivity index (χ1n) is 9.76. The Kier molecular flexibility index (Phi) is 5.48. The van der Waals surface area contributed by atoms with E-state index < -0.39 is 0 Å². The third-order valence-corrected chi connectivity index (χ3v) is 6.36. The molecule has 3 aliphatic rings. The summed E-state index contributed by atoms with van der Waals surface area (Å²) in [6.45, 7) is 2.20. The zero-order valence-electron chi connectivity index (χ0n) is 15.4. The van der Waals surface area contributed by atoms with Crippen LogP contribution in [0, 0.1) is 11.8 Å². The van der Waals surface area contributed by atoms with Gasteiger partial charge in [-0.15, -0.1) is 0 Å². The van der Waals surface area contributed by atoms with Gasteiger partial charge in [0.15, 0.2) is 0 Å². The van der Waals surface area contributed by atoms with Crippen molar-refractivity contribution in [3.63, 3.8) is 0 Å². The Hall–Kier alpha value is -1.10. The molecule has 0 unspecified atom stereocenters. The van der Waals surface area contributed by atoms with Crippen molar-refractivity contribution in [2.45, 2.75) is 63.3 Å². The molecule has 2 aliphatic carbocycles. The van der Waals surface area contributed by atoms with Gasteiger partial charge >= 0.3 is 0 Å². The second-order valence-electron chi connectivity index (χ2n) is 8.29. The van der Waals surface area contributed by atoms with Crippen LogP contribution in [-0.4, -0.2) is 60.9 Å². The standard InChI is InChI=1S/C19H33N3O2/c1-21(2)19(10-4-3-5-11-19)14-20-17(23)16-7-6-12-22(13-16)18(24)15-8-9-15/h15-16H,3-14H2,1-2H3,(H,20,23)/t16-/m0/s1. The first-order valence-corrected chi connectivity index (χ1v) is 9.76. The molecule has 1 N–H and O–H groups in total. The molecule has 3 fully saturated rings. The highest BCUT2D eigenvalue weighted by Crippen LogP contribution is 2.33. The quantitative estimate of drug-likeness (QED) is 0.836. The number of hydrogen-bond acceptors (Lipinski definition) is 3. The van der Waals surface area contributed by atoms with Crippen LogP contribution in [0.2, 0.25) is 0 Å². The van der Waals surface area contributed by atoms with Gasteiger partial charge in [-0.2, -0.15) is 0 Å². The number of carbonyl (C=O) groups excluding carboxylic acids is 2. The molecule has 0 spiro atoms. The van der Waals surface area contributed by atoms with E-state index in [0.717, 1.165) is 51.6 Å². The molecular weight excluding hydrogens is 302 g/mol. The van der Waals surface area contributed by atoms with Crippen LogP contribution in [0.4, 0.5) is 0 Å². The third kappa shape index (κ3) is 3.93. The average molecular weight is 335 g/mol. The summed E-state index contributed by atoms with van der Waals surface area (Å²) in [6, 6.07) is 0. The summed E-state index contributed by atoms with van der Waals surface area (Å²) in [7, 11) is 4.27. The first-order chi connectivity index (χ1) is 11.5. The van der Waals surface area contributed by atoms with Crippen molar-refractivity contribution in [2.24, 2.45) is 11.8 Å². The van der Waals surface area contributed by atoms with Crippen LogP contribution in [0.1, 0.15) is 57.8 Å². The number of piperidine rings is 1. The molecule has 5 nitrogen and oxygen atoms in total. The first kappa shape index (κ1) is 17.7. The fourth-order valence-corrected chi connectivity index (χ4v) is 4.37. The molecule has 0 radical (unpaired) electrons. The van der Waals surface area contributed by atoms with Crippen LogP contribution in [0.3, 0.4) is 0 Å². The van der Waals surface area contributed by atoms with Crippen LogP contribution < -0.4 is 5.32 Å². The van der Waals surface area contributed by atoms with Gasteiger partial charge in [-0.05, 0) is 52.6 Å². The van der Waals surface area contributed by atoms with E-state index in [4.69, 9.17) is 0 Å². The van der Waals surface area contributed by atoms with Crippen molar-refractivity contribution in [1.82, 2.24) is 15.1 Å². The number of likely N-dealkylation sites (N-methyl/N-ethyl adjacent to an activating group) is 1. The van der Waals surface area contributed by atoms with Gasteiger partial charge in [0.05, 0.1) is 5.92 Å². The molecule has 1 atom stereocenters. The van der Waals surface area contributed by atoms with E-state index in [0.29, 0.717) is 6.54 Å². The number of nitrogens with one attached hydrogen (secondary N) is 1. The minimum Gasteiger partial charge on any atom is -0.354 e. The summed E-state index contributed by atoms with van der Waals surface area (Å²) < 4.78 is 0. The number of nitrogens with zero attached hydrogens (tertiary/aromatic N) is 2. The van der Waals surface area contributed by atoms with E-state index in [9.17, 15) is 9.59 Å². The lowest BCUT2D eigenvalue weighted by atomic mass is 9.80. The molecule has 136 valence electrons. The molecule has 5 heteroatoms. The van der Waals surface area contributed by atoms with Gasteiger partial charge in [-0.3, -0.25) is 9.59 Å². The number of rotatable bonds is 5. The zero-order valence-corrected chi connectivity index (χ0v) is 15.4. The van der Waals surface area contributed by atoms with E-state index in [1.807, 2.05) is 4.90 Å². The molecule has 0 aromatic heterocycles. The van der Waals surface area contributed by atoms with Crippen LogP contribution in [-0.2, 0) is 9.59 Å². The summed E-state index contributed by atoms with van der Waals surface area (Å²) in [4.78, 5) is 29.2. The second-order valence-corrected chi connectivity index (χ2v) is 8.29. The maximum atomic E-state index is 12.7. The molecule has 0 aromatic carbocycles. The normalized spacial score (nSPS) is 27.1. The average Bonchev–Trinajstić information content (AvgIpc) is 3.45. The Morgan fingerprint density at radius 2 is 1.75 bits per heavy atom. The van der Waals surface area contributed by atoms with Gasteiger partial charge in [0.25, 0.3) is 0 Å². The number of hydrogen-bond donors (Lipinski definition) is 1. The van der Waals surface area contributed by atoms with Gasteiger partial charge in [0.2, 0.25) is 11.8 Å². The highest BCUT2D eigenvalue weighted by Gasteiger charge is 2.38. The Balaban J connectivity index is 1.52. The highest BCUT2D eigenvalue weighted by atomic mass is 16.2. The molecule has 2 saturated carbocycles.